The maximum absolute atomic E-state index is 12.6. The molecule has 1 aromatic heterocycles. The van der Waals surface area contributed by atoms with Crippen LogP contribution in [-0.2, 0) is 29.5 Å². The molecule has 2 atom stereocenters. The van der Waals surface area contributed by atoms with Gasteiger partial charge in [-0.25, -0.2) is 22.5 Å². The molecule has 0 bridgehead atoms. The first kappa shape index (κ1) is 25.6. The van der Waals surface area contributed by atoms with Crippen molar-refractivity contribution in [3.8, 4) is 12.3 Å². The first-order valence-electron chi connectivity index (χ1n) is 7.43. The summed E-state index contributed by atoms with van der Waals surface area (Å²) in [5.74, 6) is -0.139. The molecule has 3 amide bonds. The summed E-state index contributed by atoms with van der Waals surface area (Å²) >= 11 is 0.987. The fourth-order valence-electron chi connectivity index (χ4n) is 2.23. The number of nitrogens with two attached hydrogens (primary N) is 2. The Morgan fingerprint density at radius 1 is 1.50 bits per heavy atom. The summed E-state index contributed by atoms with van der Waals surface area (Å²) in [6.45, 7) is -1.03. The van der Waals surface area contributed by atoms with Gasteiger partial charge in [0.2, 0.25) is 0 Å². The van der Waals surface area contributed by atoms with Gasteiger partial charge in [0.05, 0.1) is 0 Å². The van der Waals surface area contributed by atoms with Crippen LogP contribution in [0.5, 0.6) is 0 Å². The minimum absolute atomic E-state index is 0. The Morgan fingerprint density at radius 3 is 2.67 bits per heavy atom. The van der Waals surface area contributed by atoms with Gasteiger partial charge in [0.25, 0.3) is 11.8 Å². The van der Waals surface area contributed by atoms with Gasteiger partial charge >= 0.3 is 35.7 Å². The summed E-state index contributed by atoms with van der Waals surface area (Å²) in [5, 5.41) is 7.19. The van der Waals surface area contributed by atoms with E-state index in [0.29, 0.717) is 0 Å². The number of nitrogen functional groups attached to an aromatic ring is 1. The van der Waals surface area contributed by atoms with Crippen LogP contribution in [0.4, 0.5) is 9.93 Å². The molecular formula is C13H13N6NaO8S2. The Balaban J connectivity index is 0.00000450. The van der Waals surface area contributed by atoms with Gasteiger partial charge in [-0.2, -0.15) is 0 Å². The molecular weight excluding hydrogens is 455 g/mol. The summed E-state index contributed by atoms with van der Waals surface area (Å²) in [6, 6.07) is -3.03. The van der Waals surface area contributed by atoms with Gasteiger partial charge < -0.3 is 30.9 Å². The number of β-lactam (4-membered cyclic amide) rings is 1. The number of aromatic nitrogens is 1. The Labute approximate surface area is 196 Å². The summed E-state index contributed by atoms with van der Waals surface area (Å²) in [6.07, 6.45) is 3.75. The number of carbonyl (C=O) groups is 3. The maximum atomic E-state index is 12.6. The first-order chi connectivity index (χ1) is 13.6. The zero-order valence-corrected chi connectivity index (χ0v) is 18.9. The van der Waals surface area contributed by atoms with Gasteiger partial charge in [0.15, 0.2) is 27.8 Å². The molecule has 1 aliphatic heterocycles. The zero-order valence-electron chi connectivity index (χ0n) is 15.3. The Bertz CT molecular complexity index is 1000. The molecule has 1 saturated heterocycles. The molecule has 0 aromatic carbocycles. The standard InChI is InChI=1S/C13H14N6O8S2.Na/c1-2-3-27-18-8(6-5-28-12(14)16-6)10(20)17-9-7(4-26-13(15)22)19(11(9)21)29(23,24)25;/h1,5,7,9H,3-4H2,(H2,14,16)(H2,15,22)(H,17,20)(H,23,24,25);/q;+1/p-1/b18-8-;/t7-,9+;/m1./s1. The van der Waals surface area contributed by atoms with Crippen LogP contribution < -0.4 is 46.3 Å². The zero-order chi connectivity index (χ0) is 21.8. The predicted octanol–water partition coefficient (Wildman–Crippen LogP) is -5.67. The Morgan fingerprint density at radius 2 is 2.17 bits per heavy atom. The van der Waals surface area contributed by atoms with E-state index in [1.807, 2.05) is 0 Å². The van der Waals surface area contributed by atoms with Crippen molar-refractivity contribution < 1.29 is 66.5 Å². The third-order valence-electron chi connectivity index (χ3n) is 3.38. The van der Waals surface area contributed by atoms with Crippen molar-refractivity contribution in [3.05, 3.63) is 11.1 Å². The van der Waals surface area contributed by atoms with Crippen molar-refractivity contribution in [2.45, 2.75) is 12.1 Å². The van der Waals surface area contributed by atoms with E-state index in [0.717, 1.165) is 11.3 Å². The normalized spacial score (nSPS) is 18.5. The monoisotopic (exact) mass is 468 g/mol. The van der Waals surface area contributed by atoms with Crippen molar-refractivity contribution in [1.82, 2.24) is 14.6 Å². The number of ether oxygens (including phenoxy) is 1. The predicted molar refractivity (Wildman–Crippen MR) is 95.6 cm³/mol. The molecule has 1 fully saturated rings. The molecule has 30 heavy (non-hydrogen) atoms. The van der Waals surface area contributed by atoms with Crippen molar-refractivity contribution in [3.63, 3.8) is 0 Å². The molecule has 1 aromatic rings. The summed E-state index contributed by atoms with van der Waals surface area (Å²) in [5.41, 5.74) is 9.89. The van der Waals surface area contributed by atoms with Crippen molar-refractivity contribution >= 4 is 50.4 Å². The quantitative estimate of drug-likeness (QED) is 0.0624. The molecule has 0 saturated carbocycles. The molecule has 0 radical (unpaired) electrons. The van der Waals surface area contributed by atoms with Crippen molar-refractivity contribution in [2.75, 3.05) is 18.9 Å². The minimum Gasteiger partial charge on any atom is -0.731 e. The number of oxime groups is 1. The van der Waals surface area contributed by atoms with Crippen LogP contribution in [0.25, 0.3) is 0 Å². The second-order valence-corrected chi connectivity index (χ2v) is 7.37. The van der Waals surface area contributed by atoms with Gasteiger partial charge in [-0.3, -0.25) is 9.59 Å². The van der Waals surface area contributed by atoms with Crippen molar-refractivity contribution in [2.24, 2.45) is 10.9 Å². The fraction of sp³-hybridized carbons (Fsp3) is 0.308. The third kappa shape index (κ3) is 6.04. The number of terminal acetylenes is 1. The van der Waals surface area contributed by atoms with E-state index in [2.05, 4.69) is 26.1 Å². The smallest absolute Gasteiger partial charge is 0.731 e. The SMILES string of the molecule is C#CCO/N=C(\C(=O)N[C@@H]1C(=O)N(S(=O)(=O)[O-])[C@@H]1COC(N)=O)c1csc(N)n1.[Na+]. The van der Waals surface area contributed by atoms with Crippen molar-refractivity contribution in [1.29, 1.82) is 0 Å². The van der Waals surface area contributed by atoms with Gasteiger partial charge in [-0.15, -0.1) is 17.8 Å². The fourth-order valence-corrected chi connectivity index (χ4v) is 3.62. The second kappa shape index (κ2) is 10.6. The number of primary amides is 1. The summed E-state index contributed by atoms with van der Waals surface area (Å²) in [7, 11) is -5.22. The minimum atomic E-state index is -5.22. The van der Waals surface area contributed by atoms with E-state index in [9.17, 15) is 27.4 Å². The average molecular weight is 468 g/mol. The van der Waals surface area contributed by atoms with E-state index in [1.165, 1.54) is 5.38 Å². The topological polar surface area (TPSA) is 219 Å². The molecule has 0 aliphatic carbocycles. The number of hydrogen-bond acceptors (Lipinski definition) is 12. The van der Waals surface area contributed by atoms with Crippen LogP contribution in [0, 0.1) is 12.3 Å². The van der Waals surface area contributed by atoms with E-state index in [4.69, 9.17) is 22.7 Å². The molecule has 0 unspecified atom stereocenters. The number of anilines is 1. The van der Waals surface area contributed by atoms with E-state index < -0.39 is 52.6 Å². The van der Waals surface area contributed by atoms with Gasteiger partial charge in [-0.05, 0) is 0 Å². The molecule has 0 spiro atoms. The number of nitrogens with one attached hydrogen (secondary N) is 1. The summed E-state index contributed by atoms with van der Waals surface area (Å²) in [4.78, 5) is 44.0. The molecule has 17 heteroatoms. The molecule has 1 aliphatic rings. The second-order valence-electron chi connectivity index (χ2n) is 5.23. The molecule has 14 nitrogen and oxygen atoms in total. The van der Waals surface area contributed by atoms with Crippen LogP contribution in [0.1, 0.15) is 5.69 Å². The summed E-state index contributed by atoms with van der Waals surface area (Å²) < 4.78 is 38.0. The molecule has 5 N–H and O–H groups in total. The van der Waals surface area contributed by atoms with E-state index in [-0.39, 0.29) is 51.3 Å². The number of nitrogens with zero attached hydrogens (tertiary/aromatic N) is 3. The molecule has 2 rings (SSSR count). The number of thiazole rings is 1. The van der Waals surface area contributed by atoms with Crippen LogP contribution in [0.15, 0.2) is 10.5 Å². The first-order valence-corrected chi connectivity index (χ1v) is 9.67. The van der Waals surface area contributed by atoms with Crippen LogP contribution >= 0.6 is 11.3 Å². The Hall–Kier alpha value is -2.42. The third-order valence-corrected chi connectivity index (χ3v) is 4.98. The van der Waals surface area contributed by atoms with Crippen LogP contribution in [-0.4, -0.2) is 71.2 Å². The van der Waals surface area contributed by atoms with Gasteiger partial charge in [0.1, 0.15) is 24.4 Å². The number of amides is 3. The number of hydrogen-bond donors (Lipinski definition) is 3. The molecule has 156 valence electrons. The van der Waals surface area contributed by atoms with Crippen LogP contribution in [0.2, 0.25) is 0 Å². The maximum Gasteiger partial charge on any atom is 1.00 e. The van der Waals surface area contributed by atoms with E-state index >= 15 is 0 Å². The number of carbonyl (C=O) groups excluding carboxylic acids is 3. The largest absolute Gasteiger partial charge is 1.00 e. The Kier molecular flexibility index (Phi) is 9.02. The van der Waals surface area contributed by atoms with Gasteiger partial charge in [-0.1, -0.05) is 11.1 Å². The average Bonchev–Trinajstić information content (AvgIpc) is 3.04. The number of rotatable bonds is 8. The van der Waals surface area contributed by atoms with Gasteiger partial charge in [0, 0.05) is 5.38 Å². The molecule has 2 heterocycles. The van der Waals surface area contributed by atoms with Crippen LogP contribution in [0.3, 0.4) is 0 Å². The van der Waals surface area contributed by atoms with E-state index in [1.54, 1.807) is 0 Å².